The van der Waals surface area contributed by atoms with E-state index in [1.54, 1.807) is 0 Å². The van der Waals surface area contributed by atoms with Gasteiger partial charge in [-0.15, -0.1) is 10.2 Å². The molecule has 0 amide bonds. The molecule has 0 unspecified atom stereocenters. The van der Waals surface area contributed by atoms with Gasteiger partial charge in [0.15, 0.2) is 0 Å². The molecule has 1 fully saturated rings. The molecule has 7 heteroatoms. The van der Waals surface area contributed by atoms with Crippen molar-refractivity contribution >= 4 is 16.6 Å². The second kappa shape index (κ2) is 9.68. The SMILES string of the molecule is Cc1ccc(-c2ccc3ncc(-c4nnco4)c(NCCCN4CCOCC4)c3c2)cc1C. The molecule has 1 saturated heterocycles. The predicted octanol–water partition coefficient (Wildman–Crippen LogP) is 4.70. The van der Waals surface area contributed by atoms with Crippen molar-refractivity contribution in [3.05, 3.63) is 60.1 Å². The van der Waals surface area contributed by atoms with Gasteiger partial charge in [-0.3, -0.25) is 9.88 Å². The summed E-state index contributed by atoms with van der Waals surface area (Å²) in [6.45, 7) is 9.83. The molecule has 2 aromatic carbocycles. The Hall–Kier alpha value is -3.29. The van der Waals surface area contributed by atoms with E-state index >= 15 is 0 Å². The van der Waals surface area contributed by atoms with Gasteiger partial charge in [0.1, 0.15) is 0 Å². The van der Waals surface area contributed by atoms with Gasteiger partial charge in [-0.05, 0) is 61.2 Å². The van der Waals surface area contributed by atoms with Crippen molar-refractivity contribution < 1.29 is 9.15 Å². The first kappa shape index (κ1) is 21.6. The summed E-state index contributed by atoms with van der Waals surface area (Å²) in [7, 11) is 0. The topological polar surface area (TPSA) is 76.3 Å². The van der Waals surface area contributed by atoms with E-state index in [9.17, 15) is 0 Å². The fraction of sp³-hybridized carbons (Fsp3) is 0.346. The number of aromatic nitrogens is 3. The molecule has 1 aliphatic rings. The van der Waals surface area contributed by atoms with Crippen LogP contribution in [0, 0.1) is 13.8 Å². The average Bonchev–Trinajstić information content (AvgIpc) is 3.38. The highest BCUT2D eigenvalue weighted by molar-refractivity contribution is 6.00. The summed E-state index contributed by atoms with van der Waals surface area (Å²) in [6, 6.07) is 13.0. The van der Waals surface area contributed by atoms with E-state index < -0.39 is 0 Å². The third-order valence-electron chi connectivity index (χ3n) is 6.36. The Morgan fingerprint density at radius 1 is 1.00 bits per heavy atom. The quantitative estimate of drug-likeness (QED) is 0.415. The number of anilines is 1. The molecule has 7 nitrogen and oxygen atoms in total. The Kier molecular flexibility index (Phi) is 6.32. The number of nitrogens with zero attached hydrogens (tertiary/aromatic N) is 4. The molecule has 0 bridgehead atoms. The number of benzene rings is 2. The average molecular weight is 444 g/mol. The number of rotatable bonds is 7. The molecule has 0 radical (unpaired) electrons. The van der Waals surface area contributed by atoms with Gasteiger partial charge < -0.3 is 14.5 Å². The Bertz CT molecular complexity index is 1230. The summed E-state index contributed by atoms with van der Waals surface area (Å²) in [6.07, 6.45) is 4.20. The number of hydrogen-bond acceptors (Lipinski definition) is 7. The van der Waals surface area contributed by atoms with Crippen molar-refractivity contribution in [2.75, 3.05) is 44.7 Å². The van der Waals surface area contributed by atoms with Crippen molar-refractivity contribution in [2.45, 2.75) is 20.3 Å². The van der Waals surface area contributed by atoms with Crippen LogP contribution in [0.1, 0.15) is 17.5 Å². The van der Waals surface area contributed by atoms with Crippen LogP contribution in [0.15, 0.2) is 53.4 Å². The minimum atomic E-state index is 0.469. The van der Waals surface area contributed by atoms with E-state index in [1.165, 1.54) is 23.1 Å². The van der Waals surface area contributed by atoms with Gasteiger partial charge in [0, 0.05) is 31.2 Å². The number of fused-ring (bicyclic) bond motifs is 1. The van der Waals surface area contributed by atoms with Crippen LogP contribution in [0.5, 0.6) is 0 Å². The van der Waals surface area contributed by atoms with E-state index in [0.717, 1.165) is 73.5 Å². The van der Waals surface area contributed by atoms with Crippen LogP contribution in [-0.4, -0.2) is 59.5 Å². The summed E-state index contributed by atoms with van der Waals surface area (Å²) in [4.78, 5) is 7.13. The highest BCUT2D eigenvalue weighted by Gasteiger charge is 2.16. The molecule has 1 N–H and O–H groups in total. The molecule has 3 heterocycles. The number of pyridine rings is 1. The smallest absolute Gasteiger partial charge is 0.251 e. The summed E-state index contributed by atoms with van der Waals surface area (Å²) in [5.41, 5.74) is 7.67. The summed E-state index contributed by atoms with van der Waals surface area (Å²) < 4.78 is 11.0. The van der Waals surface area contributed by atoms with Crippen molar-refractivity contribution in [3.63, 3.8) is 0 Å². The molecule has 0 spiro atoms. The van der Waals surface area contributed by atoms with Crippen LogP contribution in [0.2, 0.25) is 0 Å². The second-order valence-electron chi connectivity index (χ2n) is 8.56. The van der Waals surface area contributed by atoms with Crippen LogP contribution < -0.4 is 5.32 Å². The molecule has 2 aromatic heterocycles. The fourth-order valence-corrected chi connectivity index (χ4v) is 4.28. The molecule has 1 aliphatic heterocycles. The zero-order chi connectivity index (χ0) is 22.6. The van der Waals surface area contributed by atoms with Gasteiger partial charge in [-0.2, -0.15) is 0 Å². The van der Waals surface area contributed by atoms with Gasteiger partial charge in [0.05, 0.1) is 30.0 Å². The molecular formula is C26H29N5O2. The highest BCUT2D eigenvalue weighted by Crippen LogP contribution is 2.35. The Labute approximate surface area is 193 Å². The van der Waals surface area contributed by atoms with Gasteiger partial charge in [-0.1, -0.05) is 24.3 Å². The number of nitrogens with one attached hydrogen (secondary N) is 1. The fourth-order valence-electron chi connectivity index (χ4n) is 4.28. The minimum Gasteiger partial charge on any atom is -0.423 e. The van der Waals surface area contributed by atoms with Gasteiger partial charge >= 0.3 is 0 Å². The maximum absolute atomic E-state index is 5.53. The van der Waals surface area contributed by atoms with E-state index in [2.05, 4.69) is 75.6 Å². The van der Waals surface area contributed by atoms with E-state index in [1.807, 2.05) is 6.20 Å². The molecular weight excluding hydrogens is 414 g/mol. The van der Waals surface area contributed by atoms with E-state index in [0.29, 0.717) is 5.89 Å². The van der Waals surface area contributed by atoms with Gasteiger partial charge in [0.2, 0.25) is 6.39 Å². The first-order valence-electron chi connectivity index (χ1n) is 11.5. The Morgan fingerprint density at radius 2 is 1.82 bits per heavy atom. The molecule has 5 rings (SSSR count). The highest BCUT2D eigenvalue weighted by atomic mass is 16.5. The summed E-state index contributed by atoms with van der Waals surface area (Å²) in [5, 5.41) is 12.7. The summed E-state index contributed by atoms with van der Waals surface area (Å²) in [5.74, 6) is 0.469. The molecule has 0 aliphatic carbocycles. The van der Waals surface area contributed by atoms with Crippen LogP contribution in [0.4, 0.5) is 5.69 Å². The maximum atomic E-state index is 5.53. The predicted molar refractivity (Wildman–Crippen MR) is 130 cm³/mol. The van der Waals surface area contributed by atoms with E-state index in [-0.39, 0.29) is 0 Å². The number of aryl methyl sites for hydroxylation is 2. The van der Waals surface area contributed by atoms with E-state index in [4.69, 9.17) is 9.15 Å². The third-order valence-corrected chi connectivity index (χ3v) is 6.36. The monoisotopic (exact) mass is 443 g/mol. The lowest BCUT2D eigenvalue weighted by Gasteiger charge is -2.26. The zero-order valence-electron chi connectivity index (χ0n) is 19.2. The number of morpholine rings is 1. The Balaban J connectivity index is 1.47. The van der Waals surface area contributed by atoms with Gasteiger partial charge in [0.25, 0.3) is 5.89 Å². The van der Waals surface area contributed by atoms with Crippen molar-refractivity contribution in [2.24, 2.45) is 0 Å². The largest absolute Gasteiger partial charge is 0.423 e. The first-order chi connectivity index (χ1) is 16.2. The molecule has 33 heavy (non-hydrogen) atoms. The molecule has 0 atom stereocenters. The van der Waals surface area contributed by atoms with Crippen LogP contribution in [0.3, 0.4) is 0 Å². The zero-order valence-corrected chi connectivity index (χ0v) is 19.2. The van der Waals surface area contributed by atoms with Crippen molar-refractivity contribution in [3.8, 4) is 22.6 Å². The minimum absolute atomic E-state index is 0.469. The first-order valence-corrected chi connectivity index (χ1v) is 11.5. The lowest BCUT2D eigenvalue weighted by Crippen LogP contribution is -2.37. The second-order valence-corrected chi connectivity index (χ2v) is 8.56. The Morgan fingerprint density at radius 3 is 2.61 bits per heavy atom. The van der Waals surface area contributed by atoms with Crippen molar-refractivity contribution in [1.29, 1.82) is 0 Å². The lowest BCUT2D eigenvalue weighted by molar-refractivity contribution is 0.0378. The number of hydrogen-bond donors (Lipinski definition) is 1. The summed E-state index contributed by atoms with van der Waals surface area (Å²) >= 11 is 0. The third kappa shape index (κ3) is 4.74. The standard InChI is InChI=1S/C26H29N5O2/c1-18-4-5-20(14-19(18)2)21-6-7-24-22(15-21)25(23(16-28-24)26-30-29-17-33-26)27-8-3-9-31-10-12-32-13-11-31/h4-7,14-17H,3,8-13H2,1-2H3,(H,27,28). The molecule has 4 aromatic rings. The van der Waals surface area contributed by atoms with Crippen LogP contribution in [0.25, 0.3) is 33.5 Å². The van der Waals surface area contributed by atoms with Crippen LogP contribution in [-0.2, 0) is 4.74 Å². The molecule has 0 saturated carbocycles. The molecule has 170 valence electrons. The normalized spacial score (nSPS) is 14.6. The van der Waals surface area contributed by atoms with Crippen molar-refractivity contribution in [1.82, 2.24) is 20.1 Å². The van der Waals surface area contributed by atoms with Gasteiger partial charge in [-0.25, -0.2) is 0 Å². The van der Waals surface area contributed by atoms with Crippen LogP contribution >= 0.6 is 0 Å². The lowest BCUT2D eigenvalue weighted by atomic mass is 9.98. The maximum Gasteiger partial charge on any atom is 0.251 e. The number of ether oxygens (including phenoxy) is 1.